The zero-order valence-corrected chi connectivity index (χ0v) is 35.2. The summed E-state index contributed by atoms with van der Waals surface area (Å²) in [6.07, 6.45) is 36.6. The number of aliphatic carboxylic acids is 1. The van der Waals surface area contributed by atoms with Crippen LogP contribution in [0.3, 0.4) is 0 Å². The van der Waals surface area contributed by atoms with Crippen molar-refractivity contribution in [2.75, 3.05) is 19.8 Å². The number of phosphoric acid groups is 1. The van der Waals surface area contributed by atoms with Crippen LogP contribution < -0.4 is 5.32 Å². The molecule has 0 aromatic rings. The third kappa shape index (κ3) is 37.2. The highest BCUT2D eigenvalue weighted by Crippen LogP contribution is 2.43. The summed E-state index contributed by atoms with van der Waals surface area (Å²) in [5.74, 6) is -2.37. The molecule has 4 N–H and O–H groups in total. The highest BCUT2D eigenvalue weighted by atomic mass is 31.2. The van der Waals surface area contributed by atoms with Crippen LogP contribution in [0.4, 0.5) is 0 Å². The van der Waals surface area contributed by atoms with Gasteiger partial charge in [0.05, 0.1) is 13.2 Å². The normalized spacial score (nSPS) is 13.9. The number of amides is 1. The van der Waals surface area contributed by atoms with Crippen molar-refractivity contribution in [3.63, 3.8) is 0 Å². The fourth-order valence-electron chi connectivity index (χ4n) is 6.13. The molecule has 0 radical (unpaired) electrons. The van der Waals surface area contributed by atoms with Crippen molar-refractivity contribution in [3.8, 4) is 0 Å². The molecule has 0 heterocycles. The van der Waals surface area contributed by atoms with Crippen molar-refractivity contribution < 1.29 is 47.8 Å². The third-order valence-electron chi connectivity index (χ3n) is 9.55. The molecule has 0 bridgehead atoms. The average molecular weight is 790 g/mol. The van der Waals surface area contributed by atoms with Crippen molar-refractivity contribution in [1.82, 2.24) is 5.32 Å². The third-order valence-corrected chi connectivity index (χ3v) is 10.5. The van der Waals surface area contributed by atoms with Crippen LogP contribution >= 0.6 is 7.82 Å². The number of unbranched alkanes of at least 4 members (excludes halogenated alkanes) is 25. The first-order valence-corrected chi connectivity index (χ1v) is 23.2. The van der Waals surface area contributed by atoms with Gasteiger partial charge in [-0.25, -0.2) is 9.36 Å². The molecule has 0 aromatic heterocycles. The Balaban J connectivity index is 3.90. The molecule has 0 aliphatic carbocycles. The second kappa shape index (κ2) is 38.1. The van der Waals surface area contributed by atoms with Crippen molar-refractivity contribution in [2.45, 2.75) is 219 Å². The fourth-order valence-corrected chi connectivity index (χ4v) is 6.91. The van der Waals surface area contributed by atoms with Gasteiger partial charge in [0.15, 0.2) is 6.04 Å². The maximum absolute atomic E-state index is 12.3. The lowest BCUT2D eigenvalue weighted by molar-refractivity contribution is -0.147. The number of carbonyl (C=O) groups excluding carboxylic acids is 2. The van der Waals surface area contributed by atoms with Gasteiger partial charge in [-0.15, -0.1) is 0 Å². The zero-order chi connectivity index (χ0) is 40.0. The monoisotopic (exact) mass is 790 g/mol. The summed E-state index contributed by atoms with van der Waals surface area (Å²) in [7, 11) is -4.75. The maximum Gasteiger partial charge on any atom is 0.472 e. The van der Waals surface area contributed by atoms with Crippen LogP contribution in [-0.2, 0) is 32.7 Å². The van der Waals surface area contributed by atoms with E-state index >= 15 is 0 Å². The van der Waals surface area contributed by atoms with Gasteiger partial charge in [-0.3, -0.25) is 18.6 Å². The SMILES string of the molecule is CCCCCCCC/C=C\CCCCCCCC(=O)NC(COP(=O)(O)OCC(O)COC(=O)CCCCCCCCCCCCCCCCC)C(=O)O. The molecule has 12 heteroatoms. The number of aliphatic hydroxyl groups is 1. The molecule has 3 unspecified atom stereocenters. The molecule has 0 fully saturated rings. The number of esters is 1. The Morgan fingerprint density at radius 1 is 0.574 bits per heavy atom. The Morgan fingerprint density at radius 2 is 0.963 bits per heavy atom. The van der Waals surface area contributed by atoms with E-state index in [4.69, 9.17) is 13.8 Å². The van der Waals surface area contributed by atoms with E-state index in [0.29, 0.717) is 12.8 Å². The number of rotatable bonds is 41. The van der Waals surface area contributed by atoms with Crippen molar-refractivity contribution in [3.05, 3.63) is 12.2 Å². The first kappa shape index (κ1) is 52.2. The second-order valence-corrected chi connectivity index (χ2v) is 16.3. The lowest BCUT2D eigenvalue weighted by atomic mass is 10.0. The minimum atomic E-state index is -4.75. The van der Waals surface area contributed by atoms with E-state index < -0.39 is 57.6 Å². The van der Waals surface area contributed by atoms with Crippen LogP contribution in [0.5, 0.6) is 0 Å². The van der Waals surface area contributed by atoms with Gasteiger partial charge in [0.2, 0.25) is 5.91 Å². The molecule has 0 saturated heterocycles. The predicted octanol–water partition coefficient (Wildman–Crippen LogP) is 10.9. The smallest absolute Gasteiger partial charge is 0.472 e. The van der Waals surface area contributed by atoms with Gasteiger partial charge in [-0.2, -0.15) is 0 Å². The zero-order valence-electron chi connectivity index (χ0n) is 34.3. The molecule has 0 aliphatic rings. The van der Waals surface area contributed by atoms with E-state index in [1.54, 1.807) is 0 Å². The molecule has 3 atom stereocenters. The van der Waals surface area contributed by atoms with Crippen molar-refractivity contribution >= 4 is 25.7 Å². The molecule has 0 aliphatic heterocycles. The van der Waals surface area contributed by atoms with Gasteiger partial charge >= 0.3 is 19.8 Å². The lowest BCUT2D eigenvalue weighted by Gasteiger charge is -2.18. The number of hydrogen-bond acceptors (Lipinski definition) is 8. The minimum Gasteiger partial charge on any atom is -0.480 e. The second-order valence-electron chi connectivity index (χ2n) is 14.9. The summed E-state index contributed by atoms with van der Waals surface area (Å²) >= 11 is 0. The highest BCUT2D eigenvalue weighted by Gasteiger charge is 2.28. The van der Waals surface area contributed by atoms with E-state index in [1.165, 1.54) is 109 Å². The lowest BCUT2D eigenvalue weighted by Crippen LogP contribution is -2.43. The minimum absolute atomic E-state index is 0.138. The number of ether oxygens (including phenoxy) is 1. The van der Waals surface area contributed by atoms with Crippen molar-refractivity contribution in [2.24, 2.45) is 0 Å². The van der Waals surface area contributed by atoms with E-state index in [-0.39, 0.29) is 12.8 Å². The predicted molar refractivity (Wildman–Crippen MR) is 217 cm³/mol. The van der Waals surface area contributed by atoms with Gasteiger partial charge in [-0.05, 0) is 38.5 Å². The average Bonchev–Trinajstić information content (AvgIpc) is 3.14. The Morgan fingerprint density at radius 3 is 1.41 bits per heavy atom. The van der Waals surface area contributed by atoms with Crippen LogP contribution in [0.25, 0.3) is 0 Å². The van der Waals surface area contributed by atoms with Crippen LogP contribution in [0.15, 0.2) is 12.2 Å². The molecule has 0 rings (SSSR count). The number of hydrogen-bond donors (Lipinski definition) is 4. The molecule has 0 spiro atoms. The largest absolute Gasteiger partial charge is 0.480 e. The van der Waals surface area contributed by atoms with Crippen molar-refractivity contribution in [1.29, 1.82) is 0 Å². The van der Waals surface area contributed by atoms with Crippen LogP contribution in [0, 0.1) is 0 Å². The van der Waals surface area contributed by atoms with E-state index in [9.17, 15) is 34.1 Å². The molecule has 318 valence electrons. The van der Waals surface area contributed by atoms with E-state index in [2.05, 4.69) is 31.3 Å². The van der Waals surface area contributed by atoms with E-state index in [1.807, 2.05) is 0 Å². The summed E-state index contributed by atoms with van der Waals surface area (Å²) in [5, 5.41) is 21.8. The van der Waals surface area contributed by atoms with Gasteiger partial charge in [0.1, 0.15) is 12.7 Å². The summed E-state index contributed by atoms with van der Waals surface area (Å²) in [6, 6.07) is -1.55. The van der Waals surface area contributed by atoms with Gasteiger partial charge < -0.3 is 25.2 Å². The first-order valence-electron chi connectivity index (χ1n) is 21.7. The number of allylic oxidation sites excluding steroid dienone is 2. The van der Waals surface area contributed by atoms with Crippen LogP contribution in [0.2, 0.25) is 0 Å². The Kier molecular flexibility index (Phi) is 36.9. The van der Waals surface area contributed by atoms with Crippen LogP contribution in [0.1, 0.15) is 206 Å². The highest BCUT2D eigenvalue weighted by molar-refractivity contribution is 7.47. The number of nitrogens with one attached hydrogen (secondary N) is 1. The van der Waals surface area contributed by atoms with Gasteiger partial charge in [0.25, 0.3) is 0 Å². The topological polar surface area (TPSA) is 169 Å². The van der Waals surface area contributed by atoms with Gasteiger partial charge in [-0.1, -0.05) is 167 Å². The Hall–Kier alpha value is -1.78. The maximum atomic E-state index is 12.3. The molecular formula is C42H80NO10P. The Labute approximate surface area is 328 Å². The molecular weight excluding hydrogens is 709 g/mol. The molecule has 54 heavy (non-hydrogen) atoms. The summed E-state index contributed by atoms with van der Waals surface area (Å²) in [5.41, 5.74) is 0. The standard InChI is InChI=1S/C42H80NO10P/c1-3-5-7-9-11-13-15-17-19-21-23-25-27-29-31-33-40(45)43-39(42(47)48)37-53-54(49,50)52-36-38(44)35-51-41(46)34-32-30-28-26-24-22-20-18-16-14-12-10-8-6-4-2/h17,19,38-39,44H,3-16,18,20-37H2,1-2H3,(H,43,45)(H,47,48)(H,49,50)/b19-17-. The number of carboxylic acid groups (broad SMARTS) is 1. The summed E-state index contributed by atoms with van der Waals surface area (Å²) in [6.45, 7) is 2.59. The fraction of sp³-hybridized carbons (Fsp3) is 0.881. The first-order chi connectivity index (χ1) is 26.1. The van der Waals surface area contributed by atoms with E-state index in [0.717, 1.165) is 57.8 Å². The number of carbonyl (C=O) groups is 3. The molecule has 1 amide bonds. The molecule has 0 aromatic carbocycles. The molecule has 11 nitrogen and oxygen atoms in total. The number of aliphatic hydroxyl groups excluding tert-OH is 1. The number of carboxylic acids is 1. The Bertz CT molecular complexity index is 979. The summed E-state index contributed by atoms with van der Waals surface area (Å²) < 4.78 is 26.8. The number of phosphoric ester groups is 1. The molecule has 0 saturated carbocycles. The van der Waals surface area contributed by atoms with Crippen LogP contribution in [-0.4, -0.2) is 64.9 Å². The summed E-state index contributed by atoms with van der Waals surface area (Å²) in [4.78, 5) is 45.8. The van der Waals surface area contributed by atoms with Gasteiger partial charge in [0, 0.05) is 12.8 Å². The quantitative estimate of drug-likeness (QED) is 0.0202.